The van der Waals surface area contributed by atoms with Crippen molar-refractivity contribution in [1.29, 1.82) is 0 Å². The lowest BCUT2D eigenvalue weighted by Gasteiger charge is -2.18. The zero-order chi connectivity index (χ0) is 12.1. The lowest BCUT2D eigenvalue weighted by molar-refractivity contribution is -0.128. The van der Waals surface area contributed by atoms with Gasteiger partial charge in [0.05, 0.1) is 0 Å². The lowest BCUT2D eigenvalue weighted by atomic mass is 10.2. The molecule has 1 aromatic carbocycles. The van der Waals surface area contributed by atoms with E-state index in [4.69, 9.17) is 0 Å². The molecule has 1 atom stereocenters. The van der Waals surface area contributed by atoms with Crippen molar-refractivity contribution in [3.05, 3.63) is 27.8 Å². The largest absolute Gasteiger partial charge is 0.381 e. The van der Waals surface area contributed by atoms with E-state index in [-0.39, 0.29) is 11.9 Å². The normalized spacial score (nSPS) is 12.0. The second kappa shape index (κ2) is 6.08. The number of anilines is 1. The van der Waals surface area contributed by atoms with Gasteiger partial charge in [0.15, 0.2) is 0 Å². The number of benzene rings is 1. The van der Waals surface area contributed by atoms with E-state index in [1.54, 1.807) is 19.0 Å². The van der Waals surface area contributed by atoms with Crippen LogP contribution in [0.4, 0.5) is 5.69 Å². The van der Waals surface area contributed by atoms with Crippen molar-refractivity contribution in [3.63, 3.8) is 0 Å². The average molecular weight is 332 g/mol. The van der Waals surface area contributed by atoms with Crippen molar-refractivity contribution in [1.82, 2.24) is 4.90 Å². The number of nitrogens with zero attached hydrogens (tertiary/aromatic N) is 1. The SMILES string of the molecule is CC(CC(=O)N(C)C)Nc1ccccc1I. The average Bonchev–Trinajstić information content (AvgIpc) is 2.21. The summed E-state index contributed by atoms with van der Waals surface area (Å²) in [6, 6.07) is 8.21. The summed E-state index contributed by atoms with van der Waals surface area (Å²) in [5, 5.41) is 3.34. The number of halogens is 1. The quantitative estimate of drug-likeness (QED) is 0.860. The van der Waals surface area contributed by atoms with Crippen LogP contribution in [0.5, 0.6) is 0 Å². The number of nitrogens with one attached hydrogen (secondary N) is 1. The molecule has 4 heteroatoms. The van der Waals surface area contributed by atoms with E-state index in [9.17, 15) is 4.79 Å². The van der Waals surface area contributed by atoms with Gasteiger partial charge in [0, 0.05) is 35.8 Å². The van der Waals surface area contributed by atoms with Crippen LogP contribution in [0.3, 0.4) is 0 Å². The van der Waals surface area contributed by atoms with E-state index >= 15 is 0 Å². The maximum atomic E-state index is 11.5. The molecular weight excluding hydrogens is 315 g/mol. The Balaban J connectivity index is 2.55. The summed E-state index contributed by atoms with van der Waals surface area (Å²) in [6.07, 6.45) is 0.512. The van der Waals surface area contributed by atoms with Gasteiger partial charge in [-0.1, -0.05) is 12.1 Å². The minimum atomic E-state index is 0.144. The third-order valence-corrected chi connectivity index (χ3v) is 3.20. The Morgan fingerprint density at radius 2 is 2.06 bits per heavy atom. The van der Waals surface area contributed by atoms with Gasteiger partial charge < -0.3 is 10.2 Å². The molecule has 0 fully saturated rings. The van der Waals surface area contributed by atoms with Crippen LogP contribution in [0.2, 0.25) is 0 Å². The van der Waals surface area contributed by atoms with Crippen LogP contribution >= 0.6 is 22.6 Å². The number of carbonyl (C=O) groups excluding carboxylic acids is 1. The van der Waals surface area contributed by atoms with Crippen LogP contribution in [0.25, 0.3) is 0 Å². The molecule has 0 bridgehead atoms. The summed E-state index contributed by atoms with van der Waals surface area (Å²) in [5.74, 6) is 0.144. The summed E-state index contributed by atoms with van der Waals surface area (Å²) in [7, 11) is 3.56. The predicted molar refractivity (Wildman–Crippen MR) is 75.6 cm³/mol. The van der Waals surface area contributed by atoms with Crippen molar-refractivity contribution in [2.24, 2.45) is 0 Å². The molecule has 1 N–H and O–H groups in total. The van der Waals surface area contributed by atoms with E-state index < -0.39 is 0 Å². The highest BCUT2D eigenvalue weighted by atomic mass is 127. The molecule has 0 saturated carbocycles. The zero-order valence-corrected chi connectivity index (χ0v) is 12.0. The Morgan fingerprint density at radius 3 is 2.62 bits per heavy atom. The topological polar surface area (TPSA) is 32.3 Å². The maximum absolute atomic E-state index is 11.5. The fourth-order valence-corrected chi connectivity index (χ4v) is 1.88. The Labute approximate surface area is 110 Å². The first kappa shape index (κ1) is 13.3. The Morgan fingerprint density at radius 1 is 1.44 bits per heavy atom. The number of para-hydroxylation sites is 1. The fourth-order valence-electron chi connectivity index (χ4n) is 1.34. The molecule has 1 rings (SSSR count). The van der Waals surface area contributed by atoms with Gasteiger partial charge in [-0.2, -0.15) is 0 Å². The Hall–Kier alpha value is -0.780. The molecule has 1 aromatic rings. The smallest absolute Gasteiger partial charge is 0.224 e. The van der Waals surface area contributed by atoms with Gasteiger partial charge in [-0.25, -0.2) is 0 Å². The summed E-state index contributed by atoms with van der Waals surface area (Å²) in [4.78, 5) is 13.1. The van der Waals surface area contributed by atoms with E-state index in [1.165, 1.54) is 3.57 Å². The van der Waals surface area contributed by atoms with Gasteiger partial charge >= 0.3 is 0 Å². The minimum absolute atomic E-state index is 0.144. The van der Waals surface area contributed by atoms with Crippen molar-refractivity contribution in [2.75, 3.05) is 19.4 Å². The van der Waals surface area contributed by atoms with Gasteiger partial charge in [0.2, 0.25) is 5.91 Å². The second-order valence-electron chi connectivity index (χ2n) is 4.02. The molecule has 0 aliphatic heterocycles. The molecule has 3 nitrogen and oxygen atoms in total. The van der Waals surface area contributed by atoms with Crippen LogP contribution in [-0.2, 0) is 4.79 Å². The molecule has 16 heavy (non-hydrogen) atoms. The van der Waals surface area contributed by atoms with Crippen LogP contribution in [0.15, 0.2) is 24.3 Å². The van der Waals surface area contributed by atoms with Gasteiger partial charge in [-0.3, -0.25) is 4.79 Å². The van der Waals surface area contributed by atoms with Gasteiger partial charge in [0.1, 0.15) is 0 Å². The molecule has 0 heterocycles. The number of carbonyl (C=O) groups is 1. The summed E-state index contributed by atoms with van der Waals surface area (Å²) >= 11 is 2.28. The third-order valence-electron chi connectivity index (χ3n) is 2.26. The molecule has 0 radical (unpaired) electrons. The molecule has 0 spiro atoms. The first-order chi connectivity index (χ1) is 7.50. The molecule has 1 unspecified atom stereocenters. The highest BCUT2D eigenvalue weighted by Gasteiger charge is 2.11. The Kier molecular flexibility index (Phi) is 5.05. The molecule has 0 aliphatic rings. The van der Waals surface area contributed by atoms with E-state index in [0.717, 1.165) is 5.69 Å². The monoisotopic (exact) mass is 332 g/mol. The maximum Gasteiger partial charge on any atom is 0.224 e. The number of hydrogen-bond donors (Lipinski definition) is 1. The first-order valence-corrected chi connectivity index (χ1v) is 6.30. The van der Waals surface area contributed by atoms with Crippen LogP contribution in [-0.4, -0.2) is 30.9 Å². The minimum Gasteiger partial charge on any atom is -0.381 e. The fraction of sp³-hybridized carbons (Fsp3) is 0.417. The van der Waals surface area contributed by atoms with Crippen molar-refractivity contribution < 1.29 is 4.79 Å². The van der Waals surface area contributed by atoms with Crippen LogP contribution < -0.4 is 5.32 Å². The van der Waals surface area contributed by atoms with E-state index in [0.29, 0.717) is 6.42 Å². The summed E-state index contributed by atoms with van der Waals surface area (Å²) in [5.41, 5.74) is 1.09. The molecule has 88 valence electrons. The van der Waals surface area contributed by atoms with Gasteiger partial charge in [-0.15, -0.1) is 0 Å². The molecule has 0 aliphatic carbocycles. The summed E-state index contributed by atoms with van der Waals surface area (Å²) in [6.45, 7) is 2.02. The van der Waals surface area contributed by atoms with Crippen LogP contribution in [0.1, 0.15) is 13.3 Å². The second-order valence-corrected chi connectivity index (χ2v) is 5.18. The predicted octanol–water partition coefficient (Wildman–Crippen LogP) is 2.57. The number of amides is 1. The van der Waals surface area contributed by atoms with Gasteiger partial charge in [0.25, 0.3) is 0 Å². The van der Waals surface area contributed by atoms with Crippen molar-refractivity contribution >= 4 is 34.2 Å². The van der Waals surface area contributed by atoms with E-state index in [1.807, 2.05) is 31.2 Å². The standard InChI is InChI=1S/C12H17IN2O/c1-9(8-12(16)15(2)3)14-11-7-5-4-6-10(11)13/h4-7,9,14H,8H2,1-3H3. The Bertz CT molecular complexity index is 366. The highest BCUT2D eigenvalue weighted by molar-refractivity contribution is 14.1. The number of rotatable bonds is 4. The summed E-state index contributed by atoms with van der Waals surface area (Å²) < 4.78 is 1.17. The molecule has 0 saturated heterocycles. The van der Waals surface area contributed by atoms with Crippen molar-refractivity contribution in [2.45, 2.75) is 19.4 Å². The molecule has 1 amide bonds. The molecule has 0 aromatic heterocycles. The highest BCUT2D eigenvalue weighted by Crippen LogP contribution is 2.18. The van der Waals surface area contributed by atoms with Crippen LogP contribution in [0, 0.1) is 3.57 Å². The van der Waals surface area contributed by atoms with Gasteiger partial charge in [-0.05, 0) is 41.6 Å². The molecular formula is C12H17IN2O. The van der Waals surface area contributed by atoms with E-state index in [2.05, 4.69) is 27.9 Å². The van der Waals surface area contributed by atoms with Crippen molar-refractivity contribution in [3.8, 4) is 0 Å². The number of hydrogen-bond acceptors (Lipinski definition) is 2. The third kappa shape index (κ3) is 4.00. The first-order valence-electron chi connectivity index (χ1n) is 5.22. The lowest BCUT2D eigenvalue weighted by Crippen LogP contribution is -2.28. The zero-order valence-electron chi connectivity index (χ0n) is 9.83.